The van der Waals surface area contributed by atoms with Gasteiger partial charge >= 0.3 is 0 Å². The average molecular weight is 458 g/mol. The molecule has 2 aromatic carbocycles. The van der Waals surface area contributed by atoms with E-state index in [-0.39, 0.29) is 24.4 Å². The number of pyridine rings is 1. The lowest BCUT2D eigenvalue weighted by Crippen LogP contribution is -2.43. The van der Waals surface area contributed by atoms with Crippen molar-refractivity contribution in [2.45, 2.75) is 45.6 Å². The Labute approximate surface area is 197 Å². The normalized spacial score (nSPS) is 14.1. The molecule has 2 heterocycles. The first-order valence-electron chi connectivity index (χ1n) is 11.4. The Balaban J connectivity index is 1.47. The lowest BCUT2D eigenvalue weighted by molar-refractivity contribution is -0.120. The molecule has 0 atom stereocenters. The third-order valence-corrected chi connectivity index (χ3v) is 7.32. The van der Waals surface area contributed by atoms with Crippen LogP contribution < -0.4 is 10.2 Å². The molecule has 4 aromatic rings. The highest BCUT2D eigenvalue weighted by Gasteiger charge is 2.25. The summed E-state index contributed by atoms with van der Waals surface area (Å²) in [5.41, 5.74) is 3.91. The Morgan fingerprint density at radius 1 is 0.970 bits per heavy atom. The molecule has 0 aliphatic heterocycles. The Morgan fingerprint density at radius 3 is 2.45 bits per heavy atom. The molecule has 168 valence electrons. The number of nitrogens with one attached hydrogen (secondary N) is 1. The molecule has 5 nitrogen and oxygen atoms in total. The number of rotatable bonds is 5. The van der Waals surface area contributed by atoms with Crippen molar-refractivity contribution in [2.24, 2.45) is 0 Å². The monoisotopic (exact) mass is 457 g/mol. The average Bonchev–Trinajstić information content (AvgIpc) is 3.45. The maximum Gasteiger partial charge on any atom is 0.268 e. The smallest absolute Gasteiger partial charge is 0.268 e. The molecule has 33 heavy (non-hydrogen) atoms. The molecule has 0 radical (unpaired) electrons. The van der Waals surface area contributed by atoms with Gasteiger partial charge in [-0.3, -0.25) is 14.5 Å². The molecule has 1 N–H and O–H groups in total. The maximum atomic E-state index is 13.6. The Hall–Kier alpha value is -3.25. The third kappa shape index (κ3) is 4.62. The minimum Gasteiger partial charge on any atom is -0.352 e. The number of carbonyl (C=O) groups excluding carboxylic acids is 2. The number of aromatic nitrogens is 1. The molecule has 5 rings (SSSR count). The van der Waals surface area contributed by atoms with Crippen molar-refractivity contribution in [1.82, 2.24) is 10.3 Å². The van der Waals surface area contributed by atoms with Crippen LogP contribution >= 0.6 is 11.3 Å². The second-order valence-corrected chi connectivity index (χ2v) is 10.00. The highest BCUT2D eigenvalue weighted by Crippen LogP contribution is 2.30. The van der Waals surface area contributed by atoms with E-state index in [4.69, 9.17) is 4.98 Å². The first kappa shape index (κ1) is 21.6. The van der Waals surface area contributed by atoms with Crippen molar-refractivity contribution in [3.63, 3.8) is 0 Å². The van der Waals surface area contributed by atoms with E-state index < -0.39 is 0 Å². The summed E-state index contributed by atoms with van der Waals surface area (Å²) in [6.45, 7) is 4.05. The van der Waals surface area contributed by atoms with Crippen LogP contribution in [0.4, 0.5) is 5.69 Å². The third-order valence-electron chi connectivity index (χ3n) is 6.28. The lowest BCUT2D eigenvalue weighted by Gasteiger charge is -2.23. The second-order valence-electron chi connectivity index (χ2n) is 8.97. The maximum absolute atomic E-state index is 13.6. The second kappa shape index (κ2) is 8.94. The van der Waals surface area contributed by atoms with Crippen LogP contribution in [-0.2, 0) is 4.79 Å². The number of carbonyl (C=O) groups is 2. The predicted octanol–water partition coefficient (Wildman–Crippen LogP) is 5.77. The lowest BCUT2D eigenvalue weighted by atomic mass is 10.1. The van der Waals surface area contributed by atoms with Crippen LogP contribution in [0.25, 0.3) is 21.1 Å². The predicted molar refractivity (Wildman–Crippen MR) is 135 cm³/mol. The van der Waals surface area contributed by atoms with Gasteiger partial charge in [-0.25, -0.2) is 4.98 Å². The first-order chi connectivity index (χ1) is 16.0. The van der Waals surface area contributed by atoms with Crippen molar-refractivity contribution >= 4 is 50.0 Å². The number of hydrogen-bond donors (Lipinski definition) is 1. The van der Waals surface area contributed by atoms with Crippen molar-refractivity contribution < 1.29 is 9.59 Å². The summed E-state index contributed by atoms with van der Waals surface area (Å²) in [7, 11) is 0. The molecule has 1 aliphatic rings. The zero-order chi connectivity index (χ0) is 22.9. The number of aryl methyl sites for hydroxylation is 2. The van der Waals surface area contributed by atoms with E-state index in [1.807, 2.05) is 44.2 Å². The minimum atomic E-state index is -0.177. The summed E-state index contributed by atoms with van der Waals surface area (Å²) >= 11 is 1.38. The molecule has 0 unspecified atom stereocenters. The molecule has 2 aromatic heterocycles. The van der Waals surface area contributed by atoms with Crippen molar-refractivity contribution in [3.05, 3.63) is 70.6 Å². The van der Waals surface area contributed by atoms with Crippen molar-refractivity contribution in [1.29, 1.82) is 0 Å². The van der Waals surface area contributed by atoms with Crippen LogP contribution in [0, 0.1) is 13.8 Å². The van der Waals surface area contributed by atoms with Crippen LogP contribution in [0.2, 0.25) is 0 Å². The van der Waals surface area contributed by atoms with Crippen LogP contribution in [-0.4, -0.2) is 29.4 Å². The van der Waals surface area contributed by atoms with Gasteiger partial charge in [-0.05, 0) is 62.6 Å². The number of fused-ring (bicyclic) bond motifs is 2. The summed E-state index contributed by atoms with van der Waals surface area (Å²) in [6.07, 6.45) is 4.32. The van der Waals surface area contributed by atoms with Gasteiger partial charge in [0.15, 0.2) is 0 Å². The molecular formula is C27H27N3O2S. The number of amides is 2. The number of nitrogens with zero attached hydrogens (tertiary/aromatic N) is 2. The van der Waals surface area contributed by atoms with Gasteiger partial charge < -0.3 is 5.32 Å². The summed E-state index contributed by atoms with van der Waals surface area (Å²) < 4.78 is 0. The Bertz CT molecular complexity index is 1340. The molecule has 1 aliphatic carbocycles. The van der Waals surface area contributed by atoms with Gasteiger partial charge in [0.25, 0.3) is 5.91 Å². The summed E-state index contributed by atoms with van der Waals surface area (Å²) in [5, 5.41) is 5.10. The topological polar surface area (TPSA) is 62.3 Å². The summed E-state index contributed by atoms with van der Waals surface area (Å²) in [6, 6.07) is 18.1. The van der Waals surface area contributed by atoms with E-state index in [2.05, 4.69) is 29.6 Å². The fraction of sp³-hybridized carbons (Fsp3) is 0.296. The minimum absolute atomic E-state index is 0.00123. The molecule has 0 bridgehead atoms. The van der Waals surface area contributed by atoms with Gasteiger partial charge in [0.05, 0.1) is 10.4 Å². The van der Waals surface area contributed by atoms with Gasteiger partial charge in [-0.15, -0.1) is 11.3 Å². The van der Waals surface area contributed by atoms with Gasteiger partial charge in [0.2, 0.25) is 5.91 Å². The Kier molecular flexibility index (Phi) is 5.85. The zero-order valence-corrected chi connectivity index (χ0v) is 19.7. The van der Waals surface area contributed by atoms with Crippen molar-refractivity contribution in [2.75, 3.05) is 11.4 Å². The molecule has 2 amide bonds. The van der Waals surface area contributed by atoms with Crippen LogP contribution in [0.1, 0.15) is 46.5 Å². The van der Waals surface area contributed by atoms with Gasteiger partial charge in [0.1, 0.15) is 11.4 Å². The van der Waals surface area contributed by atoms with Crippen molar-refractivity contribution in [3.8, 4) is 0 Å². The van der Waals surface area contributed by atoms with E-state index in [1.165, 1.54) is 11.3 Å². The molecule has 1 saturated carbocycles. The quantitative estimate of drug-likeness (QED) is 0.414. The van der Waals surface area contributed by atoms with Crippen LogP contribution in [0.15, 0.2) is 54.6 Å². The van der Waals surface area contributed by atoms with E-state index in [0.29, 0.717) is 4.88 Å². The molecular weight excluding hydrogens is 430 g/mol. The van der Waals surface area contributed by atoms with Gasteiger partial charge in [-0.1, -0.05) is 42.7 Å². The standard InChI is InChI=1S/C27H27N3O2S/c1-17-8-11-22(12-9-17)30(16-25(31)28-21-5-3-4-6-21)27(32)24-15-20-14-19-10-7-18(2)13-23(19)29-26(20)33-24/h7-15,21H,3-6,16H2,1-2H3,(H,28,31). The van der Waals surface area contributed by atoms with Gasteiger partial charge in [0, 0.05) is 22.5 Å². The number of hydrogen-bond acceptors (Lipinski definition) is 4. The van der Waals surface area contributed by atoms with Gasteiger partial charge in [-0.2, -0.15) is 0 Å². The summed E-state index contributed by atoms with van der Waals surface area (Å²) in [4.78, 5) is 34.3. The largest absolute Gasteiger partial charge is 0.352 e. The van der Waals surface area contributed by atoms with E-state index in [0.717, 1.165) is 63.6 Å². The summed E-state index contributed by atoms with van der Waals surface area (Å²) in [5.74, 6) is -0.292. The Morgan fingerprint density at radius 2 is 1.70 bits per heavy atom. The zero-order valence-electron chi connectivity index (χ0n) is 18.9. The number of benzene rings is 2. The SMILES string of the molecule is Cc1ccc(N(CC(=O)NC2CCCC2)C(=O)c2cc3cc4ccc(C)cc4nc3s2)cc1. The molecule has 0 spiro atoms. The van der Waals surface area contributed by atoms with E-state index >= 15 is 0 Å². The fourth-order valence-corrected chi connectivity index (χ4v) is 5.44. The first-order valence-corrected chi connectivity index (χ1v) is 12.3. The molecule has 1 fully saturated rings. The highest BCUT2D eigenvalue weighted by atomic mass is 32.1. The number of thiophene rings is 1. The highest BCUT2D eigenvalue weighted by molar-refractivity contribution is 7.20. The molecule has 6 heteroatoms. The van der Waals surface area contributed by atoms with Crippen LogP contribution in [0.5, 0.6) is 0 Å². The molecule has 0 saturated heterocycles. The van der Waals surface area contributed by atoms with Crippen LogP contribution in [0.3, 0.4) is 0 Å². The van der Waals surface area contributed by atoms with E-state index in [9.17, 15) is 9.59 Å². The van der Waals surface area contributed by atoms with E-state index in [1.54, 1.807) is 4.90 Å². The fourth-order valence-electron chi connectivity index (χ4n) is 4.47. The number of anilines is 1.